The number of nitrogens with one attached hydrogen (secondary N) is 1. The SMILES string of the molecule is CCOc1cc(C(=O)NCc2cn3ccccc3n2)cc(OCC)c1OCC. The summed E-state index contributed by atoms with van der Waals surface area (Å²) in [6.45, 7) is 7.36. The zero-order chi connectivity index (χ0) is 19.9. The first-order valence-corrected chi connectivity index (χ1v) is 9.43. The molecule has 2 aromatic heterocycles. The highest BCUT2D eigenvalue weighted by Crippen LogP contribution is 2.39. The minimum absolute atomic E-state index is 0.234. The van der Waals surface area contributed by atoms with Gasteiger partial charge in [0.15, 0.2) is 11.5 Å². The quantitative estimate of drug-likeness (QED) is 0.613. The van der Waals surface area contributed by atoms with E-state index in [1.54, 1.807) is 12.1 Å². The molecule has 0 saturated heterocycles. The summed E-state index contributed by atoms with van der Waals surface area (Å²) < 4.78 is 18.9. The van der Waals surface area contributed by atoms with Crippen molar-refractivity contribution in [2.75, 3.05) is 19.8 Å². The average molecular weight is 383 g/mol. The van der Waals surface area contributed by atoms with Crippen LogP contribution in [0.25, 0.3) is 5.65 Å². The van der Waals surface area contributed by atoms with E-state index in [2.05, 4.69) is 10.3 Å². The van der Waals surface area contributed by atoms with E-state index in [4.69, 9.17) is 14.2 Å². The Hall–Kier alpha value is -3.22. The van der Waals surface area contributed by atoms with Gasteiger partial charge in [-0.25, -0.2) is 4.98 Å². The summed E-state index contributed by atoms with van der Waals surface area (Å²) in [6.07, 6.45) is 3.81. The van der Waals surface area contributed by atoms with Crippen molar-refractivity contribution in [3.63, 3.8) is 0 Å². The summed E-state index contributed by atoms with van der Waals surface area (Å²) in [5, 5.41) is 2.90. The number of hydrogen-bond acceptors (Lipinski definition) is 5. The Morgan fingerprint density at radius 2 is 1.71 bits per heavy atom. The van der Waals surface area contributed by atoms with Crippen molar-refractivity contribution in [1.29, 1.82) is 0 Å². The van der Waals surface area contributed by atoms with E-state index in [-0.39, 0.29) is 5.91 Å². The first-order valence-electron chi connectivity index (χ1n) is 9.43. The van der Waals surface area contributed by atoms with Gasteiger partial charge in [0, 0.05) is 18.0 Å². The monoisotopic (exact) mass is 383 g/mol. The second kappa shape index (κ2) is 9.12. The topological polar surface area (TPSA) is 74.1 Å². The van der Waals surface area contributed by atoms with Gasteiger partial charge >= 0.3 is 0 Å². The second-order valence-electron chi connectivity index (χ2n) is 5.98. The van der Waals surface area contributed by atoms with Crippen molar-refractivity contribution in [2.45, 2.75) is 27.3 Å². The maximum absolute atomic E-state index is 12.7. The number of benzene rings is 1. The molecule has 0 radical (unpaired) electrons. The Kier molecular flexibility index (Phi) is 6.37. The van der Waals surface area contributed by atoms with Crippen LogP contribution in [0.1, 0.15) is 36.8 Å². The molecule has 2 heterocycles. The van der Waals surface area contributed by atoms with E-state index in [0.717, 1.165) is 11.3 Å². The van der Waals surface area contributed by atoms with E-state index in [0.29, 0.717) is 49.2 Å². The first kappa shape index (κ1) is 19.5. The van der Waals surface area contributed by atoms with Crippen molar-refractivity contribution < 1.29 is 19.0 Å². The minimum Gasteiger partial charge on any atom is -0.490 e. The van der Waals surface area contributed by atoms with Gasteiger partial charge < -0.3 is 23.9 Å². The summed E-state index contributed by atoms with van der Waals surface area (Å²) >= 11 is 0. The molecule has 0 fully saturated rings. The molecule has 148 valence electrons. The molecule has 3 rings (SSSR count). The van der Waals surface area contributed by atoms with Gasteiger partial charge in [-0.05, 0) is 45.0 Å². The van der Waals surface area contributed by atoms with Crippen molar-refractivity contribution in [3.8, 4) is 17.2 Å². The molecule has 3 aromatic rings. The molecule has 1 N–H and O–H groups in total. The summed E-state index contributed by atoms with van der Waals surface area (Å²) in [5.41, 5.74) is 2.06. The van der Waals surface area contributed by atoms with Crippen molar-refractivity contribution in [3.05, 3.63) is 54.0 Å². The molecule has 0 aliphatic heterocycles. The normalized spacial score (nSPS) is 10.7. The average Bonchev–Trinajstić information content (AvgIpc) is 3.11. The third kappa shape index (κ3) is 4.36. The van der Waals surface area contributed by atoms with Crippen molar-refractivity contribution >= 4 is 11.6 Å². The van der Waals surface area contributed by atoms with Crippen LogP contribution in [0.15, 0.2) is 42.7 Å². The number of carbonyl (C=O) groups is 1. The van der Waals surface area contributed by atoms with Gasteiger partial charge in [0.1, 0.15) is 5.65 Å². The van der Waals surface area contributed by atoms with Crippen LogP contribution in [0.2, 0.25) is 0 Å². The fourth-order valence-electron chi connectivity index (χ4n) is 2.87. The molecule has 0 atom stereocenters. The maximum atomic E-state index is 12.7. The van der Waals surface area contributed by atoms with Gasteiger partial charge in [-0.3, -0.25) is 4.79 Å². The Morgan fingerprint density at radius 1 is 1.04 bits per heavy atom. The fraction of sp³-hybridized carbons (Fsp3) is 0.333. The fourth-order valence-corrected chi connectivity index (χ4v) is 2.87. The number of pyridine rings is 1. The van der Waals surface area contributed by atoms with Crippen molar-refractivity contribution in [1.82, 2.24) is 14.7 Å². The lowest BCUT2D eigenvalue weighted by molar-refractivity contribution is 0.0949. The van der Waals surface area contributed by atoms with Gasteiger partial charge in [0.2, 0.25) is 5.75 Å². The highest BCUT2D eigenvalue weighted by atomic mass is 16.5. The molecule has 28 heavy (non-hydrogen) atoms. The lowest BCUT2D eigenvalue weighted by atomic mass is 10.1. The highest BCUT2D eigenvalue weighted by Gasteiger charge is 2.18. The van der Waals surface area contributed by atoms with Crippen LogP contribution in [-0.4, -0.2) is 35.1 Å². The molecular weight excluding hydrogens is 358 g/mol. The zero-order valence-corrected chi connectivity index (χ0v) is 16.4. The van der Waals surface area contributed by atoms with Gasteiger partial charge in [-0.15, -0.1) is 0 Å². The summed E-state index contributed by atoms with van der Waals surface area (Å²) in [7, 11) is 0. The van der Waals surface area contributed by atoms with Gasteiger partial charge in [-0.2, -0.15) is 0 Å². The molecule has 0 saturated carbocycles. The Labute approximate surface area is 164 Å². The number of nitrogens with zero attached hydrogens (tertiary/aromatic N) is 2. The molecule has 0 spiro atoms. The minimum atomic E-state index is -0.234. The van der Waals surface area contributed by atoms with E-state index in [9.17, 15) is 4.79 Å². The van der Waals surface area contributed by atoms with E-state index < -0.39 is 0 Å². The van der Waals surface area contributed by atoms with Gasteiger partial charge in [0.05, 0.1) is 32.1 Å². The largest absolute Gasteiger partial charge is 0.490 e. The lowest BCUT2D eigenvalue weighted by Crippen LogP contribution is -2.23. The standard InChI is InChI=1S/C21H25N3O4/c1-4-26-17-11-15(12-18(27-5-2)20(17)28-6-3)21(25)22-13-16-14-24-10-8-7-9-19(24)23-16/h7-12,14H,4-6,13H2,1-3H3,(H,22,25). The predicted molar refractivity (Wildman–Crippen MR) is 106 cm³/mol. The molecule has 0 aliphatic rings. The van der Waals surface area contributed by atoms with Crippen LogP contribution < -0.4 is 19.5 Å². The number of carbonyl (C=O) groups excluding carboxylic acids is 1. The Balaban J connectivity index is 1.81. The number of aromatic nitrogens is 2. The van der Waals surface area contributed by atoms with Crippen molar-refractivity contribution in [2.24, 2.45) is 0 Å². The molecule has 1 aromatic carbocycles. The third-order valence-electron chi connectivity index (χ3n) is 4.02. The Morgan fingerprint density at radius 3 is 2.32 bits per heavy atom. The first-order chi connectivity index (χ1) is 13.7. The summed E-state index contributed by atoms with van der Waals surface area (Å²) in [6, 6.07) is 9.13. The number of rotatable bonds is 9. The lowest BCUT2D eigenvalue weighted by Gasteiger charge is -2.17. The number of fused-ring (bicyclic) bond motifs is 1. The molecule has 0 aliphatic carbocycles. The molecule has 0 unspecified atom stereocenters. The second-order valence-corrected chi connectivity index (χ2v) is 5.98. The zero-order valence-electron chi connectivity index (χ0n) is 16.4. The van der Waals surface area contributed by atoms with Crippen LogP contribution in [0.3, 0.4) is 0 Å². The van der Waals surface area contributed by atoms with Crippen LogP contribution >= 0.6 is 0 Å². The number of hydrogen-bond donors (Lipinski definition) is 1. The van der Waals surface area contributed by atoms with E-state index in [1.165, 1.54) is 0 Å². The summed E-state index contributed by atoms with van der Waals surface area (Å²) in [5.74, 6) is 1.27. The molecule has 1 amide bonds. The smallest absolute Gasteiger partial charge is 0.251 e. The molecule has 7 heteroatoms. The maximum Gasteiger partial charge on any atom is 0.251 e. The number of ether oxygens (including phenoxy) is 3. The molecule has 7 nitrogen and oxygen atoms in total. The van der Waals surface area contributed by atoms with Crippen LogP contribution in [0, 0.1) is 0 Å². The third-order valence-corrected chi connectivity index (χ3v) is 4.02. The highest BCUT2D eigenvalue weighted by molar-refractivity contribution is 5.95. The van der Waals surface area contributed by atoms with Crippen LogP contribution in [-0.2, 0) is 6.54 Å². The number of imidazole rings is 1. The predicted octanol–water partition coefficient (Wildman–Crippen LogP) is 3.46. The van der Waals surface area contributed by atoms with Gasteiger partial charge in [-0.1, -0.05) is 6.07 Å². The molecule has 0 bridgehead atoms. The number of amides is 1. The van der Waals surface area contributed by atoms with Crippen LogP contribution in [0.5, 0.6) is 17.2 Å². The Bertz CT molecular complexity index is 892. The van der Waals surface area contributed by atoms with Gasteiger partial charge in [0.25, 0.3) is 5.91 Å². The van der Waals surface area contributed by atoms with E-state index in [1.807, 2.05) is 55.8 Å². The van der Waals surface area contributed by atoms with E-state index >= 15 is 0 Å². The summed E-state index contributed by atoms with van der Waals surface area (Å²) in [4.78, 5) is 17.2. The van der Waals surface area contributed by atoms with Crippen LogP contribution in [0.4, 0.5) is 0 Å². The molecular formula is C21H25N3O4.